The van der Waals surface area contributed by atoms with E-state index in [9.17, 15) is 14.4 Å². The van der Waals surface area contributed by atoms with Crippen LogP contribution in [0.25, 0.3) is 0 Å². The van der Waals surface area contributed by atoms with Gasteiger partial charge in [0.1, 0.15) is 0 Å². The van der Waals surface area contributed by atoms with E-state index in [1.54, 1.807) is 35.2 Å². The highest BCUT2D eigenvalue weighted by Crippen LogP contribution is 2.00. The van der Waals surface area contributed by atoms with Crippen molar-refractivity contribution in [1.82, 2.24) is 10.2 Å². The van der Waals surface area contributed by atoms with Crippen molar-refractivity contribution in [1.29, 1.82) is 0 Å². The first-order chi connectivity index (χ1) is 9.68. The highest BCUT2D eigenvalue weighted by atomic mass is 16.5. The van der Waals surface area contributed by atoms with Crippen molar-refractivity contribution in [3.8, 4) is 0 Å². The lowest BCUT2D eigenvalue weighted by molar-refractivity contribution is -0.135. The molecule has 0 aromatic heterocycles. The fourth-order valence-corrected chi connectivity index (χ4v) is 1.88. The molecular weight excluding hydrogens is 260 g/mol. The molecular formula is C14H16N2O4. The largest absolute Gasteiger partial charge is 0.378 e. The Bertz CT molecular complexity index is 495. The molecule has 1 aliphatic rings. The van der Waals surface area contributed by atoms with Gasteiger partial charge in [0, 0.05) is 18.7 Å². The maximum absolute atomic E-state index is 11.8. The quantitative estimate of drug-likeness (QED) is 0.612. The summed E-state index contributed by atoms with van der Waals surface area (Å²) in [5.74, 6) is -1.61. The predicted octanol–water partition coefficient (Wildman–Crippen LogP) is -0.156. The lowest BCUT2D eigenvalue weighted by Crippen LogP contribution is -2.46. The number of ether oxygens (including phenoxy) is 1. The summed E-state index contributed by atoms with van der Waals surface area (Å²) in [4.78, 5) is 36.9. The summed E-state index contributed by atoms with van der Waals surface area (Å²) in [6.07, 6.45) is 0. The molecule has 6 nitrogen and oxygen atoms in total. The van der Waals surface area contributed by atoms with Gasteiger partial charge in [0.15, 0.2) is 0 Å². The van der Waals surface area contributed by atoms with E-state index in [1.807, 2.05) is 0 Å². The van der Waals surface area contributed by atoms with E-state index in [0.717, 1.165) is 0 Å². The van der Waals surface area contributed by atoms with E-state index >= 15 is 0 Å². The number of morpholine rings is 1. The van der Waals surface area contributed by atoms with E-state index < -0.39 is 11.7 Å². The number of hydrogen-bond acceptors (Lipinski definition) is 4. The SMILES string of the molecule is O=C(NCC(=O)N1CCOCC1)C(=O)c1ccccc1. The number of Topliss-reactive ketones (excluding diaryl/α,β-unsaturated/α-hetero) is 1. The van der Waals surface area contributed by atoms with E-state index in [4.69, 9.17) is 4.74 Å². The number of nitrogens with one attached hydrogen (secondary N) is 1. The highest BCUT2D eigenvalue weighted by molar-refractivity contribution is 6.43. The van der Waals surface area contributed by atoms with Crippen molar-refractivity contribution in [2.45, 2.75) is 0 Å². The van der Waals surface area contributed by atoms with Gasteiger partial charge in [0.25, 0.3) is 5.91 Å². The summed E-state index contributed by atoms with van der Waals surface area (Å²) in [5.41, 5.74) is 0.309. The van der Waals surface area contributed by atoms with Crippen LogP contribution in [-0.2, 0) is 14.3 Å². The zero-order valence-corrected chi connectivity index (χ0v) is 11.0. The van der Waals surface area contributed by atoms with Gasteiger partial charge in [0.05, 0.1) is 19.8 Å². The van der Waals surface area contributed by atoms with E-state index in [0.29, 0.717) is 31.9 Å². The van der Waals surface area contributed by atoms with Crippen molar-refractivity contribution in [3.05, 3.63) is 35.9 Å². The van der Waals surface area contributed by atoms with Crippen LogP contribution in [0.3, 0.4) is 0 Å². The number of benzene rings is 1. The minimum Gasteiger partial charge on any atom is -0.378 e. The fraction of sp³-hybridized carbons (Fsp3) is 0.357. The normalized spacial score (nSPS) is 14.7. The Hall–Kier alpha value is -2.21. The van der Waals surface area contributed by atoms with Crippen LogP contribution in [0.5, 0.6) is 0 Å². The molecule has 20 heavy (non-hydrogen) atoms. The molecule has 1 fully saturated rings. The summed E-state index contributed by atoms with van der Waals surface area (Å²) in [6, 6.07) is 8.24. The number of hydrogen-bond donors (Lipinski definition) is 1. The first-order valence-electron chi connectivity index (χ1n) is 6.41. The molecule has 1 aromatic rings. The minimum atomic E-state index is -0.766. The van der Waals surface area contributed by atoms with E-state index in [1.165, 1.54) is 0 Å². The zero-order chi connectivity index (χ0) is 14.4. The van der Waals surface area contributed by atoms with Crippen LogP contribution in [-0.4, -0.2) is 55.3 Å². The van der Waals surface area contributed by atoms with Crippen molar-refractivity contribution in [2.24, 2.45) is 0 Å². The van der Waals surface area contributed by atoms with Crippen molar-refractivity contribution < 1.29 is 19.1 Å². The van der Waals surface area contributed by atoms with E-state index in [2.05, 4.69) is 5.32 Å². The van der Waals surface area contributed by atoms with Crippen LogP contribution < -0.4 is 5.32 Å². The molecule has 0 aliphatic carbocycles. The van der Waals surface area contributed by atoms with Crippen LogP contribution in [0.2, 0.25) is 0 Å². The number of rotatable bonds is 4. The number of amides is 2. The first-order valence-corrected chi connectivity index (χ1v) is 6.41. The maximum Gasteiger partial charge on any atom is 0.292 e. The molecule has 0 radical (unpaired) electrons. The Balaban J connectivity index is 1.83. The van der Waals surface area contributed by atoms with Gasteiger partial charge in [-0.05, 0) is 0 Å². The first kappa shape index (κ1) is 14.2. The van der Waals surface area contributed by atoms with Gasteiger partial charge in [-0.3, -0.25) is 14.4 Å². The molecule has 1 heterocycles. The monoisotopic (exact) mass is 276 g/mol. The molecule has 6 heteroatoms. The van der Waals surface area contributed by atoms with Crippen molar-refractivity contribution in [3.63, 3.8) is 0 Å². The van der Waals surface area contributed by atoms with Gasteiger partial charge in [-0.25, -0.2) is 0 Å². The van der Waals surface area contributed by atoms with Crippen LogP contribution in [0.1, 0.15) is 10.4 Å². The average molecular weight is 276 g/mol. The van der Waals surface area contributed by atoms with Gasteiger partial charge >= 0.3 is 0 Å². The molecule has 1 saturated heterocycles. The van der Waals surface area contributed by atoms with Crippen LogP contribution >= 0.6 is 0 Å². The smallest absolute Gasteiger partial charge is 0.292 e. The number of carbonyl (C=O) groups is 3. The van der Waals surface area contributed by atoms with Crippen LogP contribution in [0.4, 0.5) is 0 Å². The number of nitrogens with zero attached hydrogens (tertiary/aromatic N) is 1. The third-order valence-electron chi connectivity index (χ3n) is 3.01. The van der Waals surface area contributed by atoms with Crippen molar-refractivity contribution in [2.75, 3.05) is 32.8 Å². The third kappa shape index (κ3) is 3.64. The average Bonchev–Trinajstić information content (AvgIpc) is 2.53. The second-order valence-electron chi connectivity index (χ2n) is 4.37. The van der Waals surface area contributed by atoms with Crippen LogP contribution in [0, 0.1) is 0 Å². The minimum absolute atomic E-state index is 0.169. The van der Waals surface area contributed by atoms with Gasteiger partial charge in [0.2, 0.25) is 11.7 Å². The molecule has 0 unspecified atom stereocenters. The highest BCUT2D eigenvalue weighted by Gasteiger charge is 2.20. The summed E-state index contributed by atoms with van der Waals surface area (Å²) >= 11 is 0. The molecule has 0 spiro atoms. The summed E-state index contributed by atoms with van der Waals surface area (Å²) in [5, 5.41) is 2.36. The molecule has 1 aromatic carbocycles. The maximum atomic E-state index is 11.8. The topological polar surface area (TPSA) is 75.7 Å². The van der Waals surface area contributed by atoms with Crippen LogP contribution in [0.15, 0.2) is 30.3 Å². The van der Waals surface area contributed by atoms with Gasteiger partial charge in [-0.15, -0.1) is 0 Å². The molecule has 106 valence electrons. The molecule has 1 N–H and O–H groups in total. The molecule has 0 atom stereocenters. The second kappa shape index (κ2) is 6.81. The lowest BCUT2D eigenvalue weighted by atomic mass is 10.1. The molecule has 1 aliphatic heterocycles. The Morgan fingerprint density at radius 1 is 1.10 bits per heavy atom. The Labute approximate surface area is 116 Å². The standard InChI is InChI=1S/C14H16N2O4/c17-12(16-6-8-20-9-7-16)10-15-14(19)13(18)11-4-2-1-3-5-11/h1-5H,6-10H2,(H,15,19). The van der Waals surface area contributed by atoms with Gasteiger partial charge in [-0.1, -0.05) is 30.3 Å². The molecule has 0 saturated carbocycles. The summed E-state index contributed by atoms with van der Waals surface area (Å²) < 4.78 is 5.14. The number of carbonyl (C=O) groups excluding carboxylic acids is 3. The predicted molar refractivity (Wildman–Crippen MR) is 71.2 cm³/mol. The Morgan fingerprint density at radius 3 is 2.40 bits per heavy atom. The zero-order valence-electron chi connectivity index (χ0n) is 11.0. The molecule has 2 amide bonds. The fourth-order valence-electron chi connectivity index (χ4n) is 1.88. The second-order valence-corrected chi connectivity index (χ2v) is 4.37. The van der Waals surface area contributed by atoms with E-state index in [-0.39, 0.29) is 12.5 Å². The van der Waals surface area contributed by atoms with Crippen molar-refractivity contribution >= 4 is 17.6 Å². The van der Waals surface area contributed by atoms with Gasteiger partial charge < -0.3 is 15.0 Å². The summed E-state index contributed by atoms with van der Waals surface area (Å²) in [6.45, 7) is 1.87. The Morgan fingerprint density at radius 2 is 1.75 bits per heavy atom. The lowest BCUT2D eigenvalue weighted by Gasteiger charge is -2.26. The molecule has 2 rings (SSSR count). The molecule has 0 bridgehead atoms. The number of ketones is 1. The summed E-state index contributed by atoms with van der Waals surface area (Å²) in [7, 11) is 0. The Kier molecular flexibility index (Phi) is 4.84. The van der Waals surface area contributed by atoms with Gasteiger partial charge in [-0.2, -0.15) is 0 Å². The third-order valence-corrected chi connectivity index (χ3v) is 3.01.